The molecule has 0 aliphatic rings. The smallest absolute Gasteiger partial charge is 0.0637 e. The highest BCUT2D eigenvalue weighted by Crippen LogP contribution is 2.29. The summed E-state index contributed by atoms with van der Waals surface area (Å²) in [6.45, 7) is 0.407. The van der Waals surface area contributed by atoms with Gasteiger partial charge in [-0.3, -0.25) is 0 Å². The van der Waals surface area contributed by atoms with Gasteiger partial charge in [-0.25, -0.2) is 0 Å². The zero-order chi connectivity index (χ0) is 14.7. The van der Waals surface area contributed by atoms with Gasteiger partial charge in [-0.1, -0.05) is 34.8 Å². The first-order valence-electron chi connectivity index (χ1n) is 5.87. The van der Waals surface area contributed by atoms with Crippen molar-refractivity contribution in [1.82, 2.24) is 0 Å². The molecule has 0 spiro atoms. The van der Waals surface area contributed by atoms with Crippen LogP contribution in [0.1, 0.15) is 11.6 Å². The quantitative estimate of drug-likeness (QED) is 0.716. The number of rotatable bonds is 4. The normalized spacial score (nSPS) is 12.2. The second-order valence-corrected chi connectivity index (χ2v) is 6.40. The van der Waals surface area contributed by atoms with Gasteiger partial charge in [0.2, 0.25) is 0 Å². The zero-order valence-electron chi connectivity index (χ0n) is 10.3. The Hall–Kier alpha value is -0.450. The van der Waals surface area contributed by atoms with Gasteiger partial charge in [0.05, 0.1) is 11.1 Å². The maximum Gasteiger partial charge on any atom is 0.0637 e. The van der Waals surface area contributed by atoms with Crippen LogP contribution in [0.3, 0.4) is 0 Å². The van der Waals surface area contributed by atoms with Gasteiger partial charge in [0, 0.05) is 26.8 Å². The van der Waals surface area contributed by atoms with E-state index in [1.807, 2.05) is 30.3 Å². The van der Waals surface area contributed by atoms with Crippen molar-refractivity contribution in [3.05, 3.63) is 61.5 Å². The Kier molecular flexibility index (Phi) is 5.58. The van der Waals surface area contributed by atoms with Gasteiger partial charge in [0.1, 0.15) is 0 Å². The van der Waals surface area contributed by atoms with Gasteiger partial charge in [0.25, 0.3) is 0 Å². The lowest BCUT2D eigenvalue weighted by molar-refractivity contribution is 0.790. The van der Waals surface area contributed by atoms with Crippen LogP contribution in [0, 0.1) is 0 Å². The molecule has 0 aliphatic carbocycles. The maximum atomic E-state index is 6.08. The monoisotopic (exact) mass is 392 g/mol. The lowest BCUT2D eigenvalue weighted by Gasteiger charge is -2.19. The summed E-state index contributed by atoms with van der Waals surface area (Å²) >= 11 is 21.5. The minimum absolute atomic E-state index is 0.0940. The van der Waals surface area contributed by atoms with E-state index in [1.54, 1.807) is 6.07 Å². The fourth-order valence-corrected chi connectivity index (χ4v) is 2.81. The second kappa shape index (κ2) is 7.01. The van der Waals surface area contributed by atoms with Crippen LogP contribution in [0.2, 0.25) is 15.1 Å². The second-order valence-electron chi connectivity index (χ2n) is 4.26. The third-order valence-electron chi connectivity index (χ3n) is 2.78. The van der Waals surface area contributed by atoms with Gasteiger partial charge >= 0.3 is 0 Å². The molecule has 0 radical (unpaired) electrons. The number of benzene rings is 2. The predicted octanol–water partition coefficient (Wildman–Crippen LogP) is 5.52. The highest BCUT2D eigenvalue weighted by Gasteiger charge is 2.12. The Morgan fingerprint density at radius 2 is 1.70 bits per heavy atom. The molecule has 6 heteroatoms. The van der Waals surface area contributed by atoms with E-state index in [9.17, 15) is 0 Å². The first-order chi connectivity index (χ1) is 9.49. The molecular weight excluding hydrogens is 382 g/mol. The summed E-state index contributed by atoms with van der Waals surface area (Å²) in [5.41, 5.74) is 7.64. The third-order valence-corrected chi connectivity index (χ3v) is 4.45. The van der Waals surface area contributed by atoms with E-state index in [0.717, 1.165) is 15.7 Å². The van der Waals surface area contributed by atoms with Crippen molar-refractivity contribution in [3.8, 4) is 0 Å². The summed E-state index contributed by atoms with van der Waals surface area (Å²) in [5.74, 6) is 0. The summed E-state index contributed by atoms with van der Waals surface area (Å²) in [6, 6.07) is 10.9. The van der Waals surface area contributed by atoms with Gasteiger partial charge in [-0.15, -0.1) is 0 Å². The molecule has 0 saturated carbocycles. The molecule has 0 aromatic heterocycles. The summed E-state index contributed by atoms with van der Waals surface area (Å²) in [7, 11) is 0. The number of nitrogens with two attached hydrogens (primary N) is 1. The minimum atomic E-state index is -0.0940. The molecule has 106 valence electrons. The molecule has 1 atom stereocenters. The van der Waals surface area contributed by atoms with Crippen LogP contribution in [-0.4, -0.2) is 6.54 Å². The molecule has 2 rings (SSSR count). The molecule has 2 nitrogen and oxygen atoms in total. The summed E-state index contributed by atoms with van der Waals surface area (Å²) in [4.78, 5) is 0. The van der Waals surface area contributed by atoms with Crippen molar-refractivity contribution >= 4 is 56.4 Å². The topological polar surface area (TPSA) is 38.0 Å². The lowest BCUT2D eigenvalue weighted by Crippen LogP contribution is -2.20. The summed E-state index contributed by atoms with van der Waals surface area (Å²) in [6.07, 6.45) is 0. The van der Waals surface area contributed by atoms with Gasteiger partial charge in [-0.05, 0) is 57.9 Å². The number of anilines is 1. The van der Waals surface area contributed by atoms with E-state index in [0.29, 0.717) is 21.6 Å². The van der Waals surface area contributed by atoms with E-state index in [2.05, 4.69) is 21.2 Å². The Labute approximate surface area is 141 Å². The van der Waals surface area contributed by atoms with Crippen molar-refractivity contribution in [2.75, 3.05) is 11.9 Å². The van der Waals surface area contributed by atoms with Gasteiger partial charge in [0.15, 0.2) is 0 Å². The number of hydrogen-bond acceptors (Lipinski definition) is 2. The summed E-state index contributed by atoms with van der Waals surface area (Å²) in [5, 5.41) is 5.12. The number of halogens is 4. The molecule has 0 aliphatic heterocycles. The van der Waals surface area contributed by atoms with E-state index >= 15 is 0 Å². The van der Waals surface area contributed by atoms with E-state index in [-0.39, 0.29) is 6.04 Å². The number of nitrogens with one attached hydrogen (secondary N) is 1. The largest absolute Gasteiger partial charge is 0.377 e. The summed E-state index contributed by atoms with van der Waals surface area (Å²) < 4.78 is 0.847. The van der Waals surface area contributed by atoms with Crippen LogP contribution in [0.5, 0.6) is 0 Å². The molecule has 0 amide bonds. The first kappa shape index (κ1) is 15.9. The Balaban J connectivity index is 2.26. The molecule has 2 aromatic carbocycles. The molecule has 3 N–H and O–H groups in total. The van der Waals surface area contributed by atoms with Crippen LogP contribution in [0.25, 0.3) is 0 Å². The first-order valence-corrected chi connectivity index (χ1v) is 7.80. The van der Waals surface area contributed by atoms with Crippen LogP contribution in [0.15, 0.2) is 40.9 Å². The average Bonchev–Trinajstić information content (AvgIpc) is 2.38. The molecule has 2 aromatic rings. The van der Waals surface area contributed by atoms with Crippen LogP contribution in [0.4, 0.5) is 5.69 Å². The molecule has 0 bridgehead atoms. The molecular formula is C14H12BrCl3N2. The van der Waals surface area contributed by atoms with Crippen LogP contribution in [-0.2, 0) is 0 Å². The molecule has 1 unspecified atom stereocenters. The van der Waals surface area contributed by atoms with E-state index in [1.165, 1.54) is 0 Å². The van der Waals surface area contributed by atoms with Gasteiger partial charge in [-0.2, -0.15) is 0 Å². The van der Waals surface area contributed by atoms with Crippen molar-refractivity contribution in [1.29, 1.82) is 0 Å². The fraction of sp³-hybridized carbons (Fsp3) is 0.143. The Morgan fingerprint density at radius 3 is 2.25 bits per heavy atom. The zero-order valence-corrected chi connectivity index (χ0v) is 14.2. The van der Waals surface area contributed by atoms with Crippen LogP contribution < -0.4 is 11.1 Å². The third kappa shape index (κ3) is 4.03. The molecule has 0 fully saturated rings. The van der Waals surface area contributed by atoms with Crippen molar-refractivity contribution < 1.29 is 0 Å². The predicted molar refractivity (Wildman–Crippen MR) is 91.0 cm³/mol. The SMILES string of the molecule is NCC(Nc1ccc(Br)c(Cl)c1)c1cc(Cl)cc(Cl)c1. The van der Waals surface area contributed by atoms with Crippen molar-refractivity contribution in [3.63, 3.8) is 0 Å². The lowest BCUT2D eigenvalue weighted by atomic mass is 10.1. The standard InChI is InChI=1S/C14H12BrCl3N2/c15-12-2-1-11(6-13(12)18)20-14(7-19)8-3-9(16)5-10(17)4-8/h1-6,14,20H,7,19H2. The van der Waals surface area contributed by atoms with E-state index < -0.39 is 0 Å². The minimum Gasteiger partial charge on any atom is -0.377 e. The molecule has 0 heterocycles. The number of hydrogen-bond donors (Lipinski definition) is 2. The van der Waals surface area contributed by atoms with E-state index in [4.69, 9.17) is 40.5 Å². The highest BCUT2D eigenvalue weighted by molar-refractivity contribution is 9.10. The van der Waals surface area contributed by atoms with Crippen LogP contribution >= 0.6 is 50.7 Å². The van der Waals surface area contributed by atoms with Crippen molar-refractivity contribution in [2.45, 2.75) is 6.04 Å². The average molecular weight is 395 g/mol. The highest BCUT2D eigenvalue weighted by atomic mass is 79.9. The molecule has 20 heavy (non-hydrogen) atoms. The van der Waals surface area contributed by atoms with Crippen molar-refractivity contribution in [2.24, 2.45) is 5.73 Å². The fourth-order valence-electron chi connectivity index (χ4n) is 1.84. The Bertz CT molecular complexity index is 599. The molecule has 0 saturated heterocycles. The Morgan fingerprint density at radius 1 is 1.05 bits per heavy atom. The van der Waals surface area contributed by atoms with Gasteiger partial charge < -0.3 is 11.1 Å². The maximum absolute atomic E-state index is 6.08.